The molecular formula is C16H21ClN2O. The summed E-state index contributed by atoms with van der Waals surface area (Å²) in [5, 5.41) is 0. The average molecular weight is 293 g/mol. The second-order valence-corrected chi connectivity index (χ2v) is 5.83. The van der Waals surface area contributed by atoms with E-state index in [9.17, 15) is 4.79 Å². The molecule has 3 rings (SSSR count). The Morgan fingerprint density at radius 2 is 1.95 bits per heavy atom. The number of amides is 1. The fourth-order valence-corrected chi connectivity index (χ4v) is 3.01. The van der Waals surface area contributed by atoms with Crippen LogP contribution in [-0.2, 0) is 4.79 Å². The molecule has 108 valence electrons. The molecule has 1 aromatic carbocycles. The summed E-state index contributed by atoms with van der Waals surface area (Å²) in [6.45, 7) is 4.93. The molecule has 0 radical (unpaired) electrons. The van der Waals surface area contributed by atoms with Crippen LogP contribution in [0.1, 0.15) is 38.2 Å². The largest absolute Gasteiger partial charge is 0.298 e. The van der Waals surface area contributed by atoms with E-state index in [2.05, 4.69) is 43.1 Å². The van der Waals surface area contributed by atoms with Gasteiger partial charge < -0.3 is 0 Å². The highest BCUT2D eigenvalue weighted by atomic mass is 35.5. The summed E-state index contributed by atoms with van der Waals surface area (Å²) >= 11 is 0. The van der Waals surface area contributed by atoms with Gasteiger partial charge in [0, 0.05) is 18.9 Å². The molecule has 0 saturated carbocycles. The summed E-state index contributed by atoms with van der Waals surface area (Å²) in [6.07, 6.45) is 2.02. The van der Waals surface area contributed by atoms with Gasteiger partial charge in [0.15, 0.2) is 0 Å². The SMILES string of the molecule is CC(C)C1N=C2CCC(c3ccccc3)CN2C1=O.Cl. The van der Waals surface area contributed by atoms with Crippen molar-refractivity contribution in [2.75, 3.05) is 6.54 Å². The minimum atomic E-state index is -0.149. The molecule has 0 spiro atoms. The van der Waals surface area contributed by atoms with Gasteiger partial charge in [0.05, 0.1) is 0 Å². The van der Waals surface area contributed by atoms with Crippen molar-refractivity contribution in [3.05, 3.63) is 35.9 Å². The predicted molar refractivity (Wildman–Crippen MR) is 83.4 cm³/mol. The first-order valence-electron chi connectivity index (χ1n) is 7.10. The molecule has 2 heterocycles. The van der Waals surface area contributed by atoms with Crippen molar-refractivity contribution in [3.63, 3.8) is 0 Å². The number of fused-ring (bicyclic) bond motifs is 1. The van der Waals surface area contributed by atoms with Gasteiger partial charge in [0.1, 0.15) is 11.9 Å². The van der Waals surface area contributed by atoms with E-state index in [1.54, 1.807) is 0 Å². The number of hydrogen-bond acceptors (Lipinski definition) is 2. The normalized spacial score (nSPS) is 25.2. The Hall–Kier alpha value is -1.35. The van der Waals surface area contributed by atoms with Crippen LogP contribution in [0.4, 0.5) is 0 Å². The van der Waals surface area contributed by atoms with Crippen LogP contribution in [0.2, 0.25) is 0 Å². The number of benzene rings is 1. The van der Waals surface area contributed by atoms with E-state index in [1.165, 1.54) is 5.56 Å². The predicted octanol–water partition coefficient (Wildman–Crippen LogP) is 3.25. The number of nitrogens with zero attached hydrogens (tertiary/aromatic N) is 2. The molecule has 4 heteroatoms. The van der Waals surface area contributed by atoms with E-state index in [0.29, 0.717) is 11.8 Å². The zero-order chi connectivity index (χ0) is 13.4. The molecule has 2 atom stereocenters. The maximum Gasteiger partial charge on any atom is 0.253 e. The number of carbonyl (C=O) groups excluding carboxylic acids is 1. The van der Waals surface area contributed by atoms with Crippen molar-refractivity contribution >= 4 is 24.1 Å². The van der Waals surface area contributed by atoms with E-state index in [1.807, 2.05) is 11.0 Å². The van der Waals surface area contributed by atoms with Crippen LogP contribution in [0, 0.1) is 5.92 Å². The third-order valence-electron chi connectivity index (χ3n) is 4.14. The first-order valence-corrected chi connectivity index (χ1v) is 7.10. The van der Waals surface area contributed by atoms with Crippen molar-refractivity contribution in [3.8, 4) is 0 Å². The van der Waals surface area contributed by atoms with Crippen molar-refractivity contribution < 1.29 is 4.79 Å². The van der Waals surface area contributed by atoms with Crippen molar-refractivity contribution in [2.24, 2.45) is 10.9 Å². The quantitative estimate of drug-likeness (QED) is 0.823. The molecule has 1 saturated heterocycles. The second kappa shape index (κ2) is 5.96. The van der Waals surface area contributed by atoms with E-state index in [0.717, 1.165) is 25.2 Å². The van der Waals surface area contributed by atoms with Crippen LogP contribution in [0.15, 0.2) is 35.3 Å². The van der Waals surface area contributed by atoms with Crippen LogP contribution in [0.25, 0.3) is 0 Å². The smallest absolute Gasteiger partial charge is 0.253 e. The van der Waals surface area contributed by atoms with Crippen LogP contribution in [-0.4, -0.2) is 29.2 Å². The van der Waals surface area contributed by atoms with E-state index < -0.39 is 0 Å². The lowest BCUT2D eigenvalue weighted by molar-refractivity contribution is -0.128. The first-order chi connectivity index (χ1) is 9.16. The maximum atomic E-state index is 12.4. The van der Waals surface area contributed by atoms with Gasteiger partial charge in [0.25, 0.3) is 5.91 Å². The highest BCUT2D eigenvalue weighted by molar-refractivity contribution is 6.06. The van der Waals surface area contributed by atoms with Crippen molar-refractivity contribution in [2.45, 2.75) is 38.6 Å². The Morgan fingerprint density at radius 3 is 2.60 bits per heavy atom. The third-order valence-corrected chi connectivity index (χ3v) is 4.14. The molecule has 1 fully saturated rings. The van der Waals surface area contributed by atoms with Crippen LogP contribution < -0.4 is 0 Å². The topological polar surface area (TPSA) is 32.7 Å². The zero-order valence-electron chi connectivity index (χ0n) is 12.0. The fraction of sp³-hybridized carbons (Fsp3) is 0.500. The summed E-state index contributed by atoms with van der Waals surface area (Å²) in [5.74, 6) is 1.96. The number of piperidine rings is 1. The summed E-state index contributed by atoms with van der Waals surface area (Å²) in [7, 11) is 0. The minimum Gasteiger partial charge on any atom is -0.298 e. The lowest BCUT2D eigenvalue weighted by Gasteiger charge is -2.31. The molecule has 20 heavy (non-hydrogen) atoms. The van der Waals surface area contributed by atoms with Gasteiger partial charge >= 0.3 is 0 Å². The molecule has 1 aromatic rings. The number of hydrogen-bond donors (Lipinski definition) is 0. The average Bonchev–Trinajstić information content (AvgIpc) is 2.77. The fourth-order valence-electron chi connectivity index (χ4n) is 3.01. The molecule has 3 nitrogen and oxygen atoms in total. The molecule has 2 aliphatic rings. The van der Waals surface area contributed by atoms with Crippen LogP contribution in [0.5, 0.6) is 0 Å². The number of halogens is 1. The van der Waals surface area contributed by atoms with Gasteiger partial charge in [-0.05, 0) is 17.9 Å². The van der Waals surface area contributed by atoms with Crippen LogP contribution in [0.3, 0.4) is 0 Å². The summed E-state index contributed by atoms with van der Waals surface area (Å²) in [5.41, 5.74) is 1.34. The monoisotopic (exact) mass is 292 g/mol. The molecular weight excluding hydrogens is 272 g/mol. The van der Waals surface area contributed by atoms with Crippen molar-refractivity contribution in [1.82, 2.24) is 4.90 Å². The molecule has 0 aromatic heterocycles. The van der Waals surface area contributed by atoms with Gasteiger partial charge in [-0.25, -0.2) is 0 Å². The highest BCUT2D eigenvalue weighted by Gasteiger charge is 2.39. The van der Waals surface area contributed by atoms with Gasteiger partial charge in [-0.3, -0.25) is 14.7 Å². The van der Waals surface area contributed by atoms with Crippen LogP contribution >= 0.6 is 12.4 Å². The number of amidine groups is 1. The van der Waals surface area contributed by atoms with E-state index >= 15 is 0 Å². The van der Waals surface area contributed by atoms with Gasteiger partial charge in [-0.1, -0.05) is 44.2 Å². The molecule has 0 aliphatic carbocycles. The molecule has 2 unspecified atom stereocenters. The number of aliphatic imine (C=N–C) groups is 1. The summed E-state index contributed by atoms with van der Waals surface area (Å²) in [6, 6.07) is 10.4. The highest BCUT2D eigenvalue weighted by Crippen LogP contribution is 2.32. The molecule has 0 N–H and O–H groups in total. The third kappa shape index (κ3) is 2.59. The minimum absolute atomic E-state index is 0. The first kappa shape index (κ1) is 15.0. The number of rotatable bonds is 2. The van der Waals surface area contributed by atoms with Gasteiger partial charge in [-0.2, -0.15) is 0 Å². The Kier molecular flexibility index (Phi) is 4.48. The summed E-state index contributed by atoms with van der Waals surface area (Å²) < 4.78 is 0. The van der Waals surface area contributed by atoms with E-state index in [-0.39, 0.29) is 24.4 Å². The maximum absolute atomic E-state index is 12.4. The zero-order valence-corrected chi connectivity index (χ0v) is 12.8. The van der Waals surface area contributed by atoms with Gasteiger partial charge in [0.2, 0.25) is 0 Å². The van der Waals surface area contributed by atoms with Gasteiger partial charge in [-0.15, -0.1) is 12.4 Å². The Morgan fingerprint density at radius 1 is 1.25 bits per heavy atom. The molecule has 0 bridgehead atoms. The Bertz CT molecular complexity index is 512. The molecule has 1 amide bonds. The Balaban J connectivity index is 0.00000147. The van der Waals surface area contributed by atoms with Crippen molar-refractivity contribution in [1.29, 1.82) is 0 Å². The standard InChI is InChI=1S/C16H20N2O.ClH/c1-11(2)15-16(19)18-10-13(8-9-14(18)17-15)12-6-4-3-5-7-12;/h3-7,11,13,15H,8-10H2,1-2H3;1H. The molecule has 2 aliphatic heterocycles. The lowest BCUT2D eigenvalue weighted by Crippen LogP contribution is -2.42. The lowest BCUT2D eigenvalue weighted by atomic mass is 9.90. The Labute approximate surface area is 126 Å². The summed E-state index contributed by atoms with van der Waals surface area (Å²) in [4.78, 5) is 18.9. The second-order valence-electron chi connectivity index (χ2n) is 5.83. The number of carbonyl (C=O) groups is 1. The van der Waals surface area contributed by atoms with E-state index in [4.69, 9.17) is 0 Å².